The van der Waals surface area contributed by atoms with Gasteiger partial charge in [-0.3, -0.25) is 4.90 Å². The summed E-state index contributed by atoms with van der Waals surface area (Å²) < 4.78 is 53.7. The molecule has 198 valence electrons. The topological polar surface area (TPSA) is 141 Å². The summed E-state index contributed by atoms with van der Waals surface area (Å²) in [6.07, 6.45) is 1.03. The third kappa shape index (κ3) is 6.43. The summed E-state index contributed by atoms with van der Waals surface area (Å²) in [6, 6.07) is 0. The van der Waals surface area contributed by atoms with Gasteiger partial charge >= 0.3 is 6.09 Å². The number of fused-ring (bicyclic) bond motifs is 1. The highest BCUT2D eigenvalue weighted by atomic mass is 35.7. The summed E-state index contributed by atoms with van der Waals surface area (Å²) in [4.78, 5) is 21.7. The maximum atomic E-state index is 12.7. The van der Waals surface area contributed by atoms with Gasteiger partial charge in [0.05, 0.1) is 40.2 Å². The molecule has 0 bridgehead atoms. The predicted molar refractivity (Wildman–Crippen MR) is 137 cm³/mol. The number of aryl methyl sites for hydroxylation is 4. The van der Waals surface area contributed by atoms with Crippen LogP contribution in [-0.2, 0) is 36.9 Å². The van der Waals surface area contributed by atoms with Crippen LogP contribution in [0.5, 0.6) is 0 Å². The predicted octanol–water partition coefficient (Wildman–Crippen LogP) is 4.13. The van der Waals surface area contributed by atoms with E-state index in [0.717, 1.165) is 26.8 Å². The average Bonchev–Trinajstić information content (AvgIpc) is 3.43. The van der Waals surface area contributed by atoms with Crippen LogP contribution in [0.2, 0.25) is 0 Å². The quantitative estimate of drug-likeness (QED) is 0.408. The van der Waals surface area contributed by atoms with Gasteiger partial charge in [0.2, 0.25) is 0 Å². The Morgan fingerprint density at radius 1 is 0.972 bits per heavy atom. The number of carbonyl (C=O) groups is 1. The molecule has 11 nitrogen and oxygen atoms in total. The number of hydrogen-bond acceptors (Lipinski definition) is 11. The second-order valence-electron chi connectivity index (χ2n) is 8.96. The van der Waals surface area contributed by atoms with Crippen LogP contribution in [0.15, 0.2) is 14.6 Å². The summed E-state index contributed by atoms with van der Waals surface area (Å²) in [5, 5.41) is 5.57. The maximum absolute atomic E-state index is 12.7. The van der Waals surface area contributed by atoms with Crippen LogP contribution in [-0.4, -0.2) is 52.6 Å². The van der Waals surface area contributed by atoms with Crippen molar-refractivity contribution in [3.63, 3.8) is 0 Å². The Morgan fingerprint density at radius 3 is 1.89 bits per heavy atom. The molecule has 3 aromatic rings. The van der Waals surface area contributed by atoms with Crippen LogP contribution in [0, 0.1) is 27.7 Å². The molecule has 0 fully saturated rings. The zero-order valence-corrected chi connectivity index (χ0v) is 24.7. The molecule has 0 atom stereocenters. The lowest BCUT2D eigenvalue weighted by molar-refractivity contribution is 0.0239. The van der Waals surface area contributed by atoms with Crippen molar-refractivity contribution in [2.75, 3.05) is 0 Å². The van der Waals surface area contributed by atoms with Crippen molar-refractivity contribution >= 4 is 58.5 Å². The minimum atomic E-state index is -3.77. The van der Waals surface area contributed by atoms with Gasteiger partial charge in [-0.2, -0.15) is 17.6 Å². The molecular formula is C20H26ClN5O6S4. The highest BCUT2D eigenvalue weighted by Gasteiger charge is 2.33. The molecule has 4 rings (SSSR count). The molecule has 0 spiro atoms. The molecule has 4 heterocycles. The van der Waals surface area contributed by atoms with Gasteiger partial charge in [0, 0.05) is 22.4 Å². The SMILES string of the molecule is Cc1nc(C)c(S(=O)(=O)Cl)s1.Cc1nc(C)c(S(=O)(=O)n2cc3c(n2)CN(C(=O)OC(C)(C)C)C3)s1. The summed E-state index contributed by atoms with van der Waals surface area (Å²) >= 11 is 2.21. The van der Waals surface area contributed by atoms with Crippen LogP contribution in [0.4, 0.5) is 4.79 Å². The second kappa shape index (κ2) is 10.0. The number of nitrogens with zero attached hydrogens (tertiary/aromatic N) is 5. The standard InChI is InChI=1S/C15H20N4O4S2.C5H6ClNO2S2/c1-9-13(24-10(2)16-9)25(21,22)19-7-11-6-18(8-12(11)17-19)14(20)23-15(3,4)5;1-3-5(11(6,8)9)10-4(2)7-3/h7H,6,8H2,1-5H3;1-2H3. The maximum Gasteiger partial charge on any atom is 0.410 e. The fraction of sp³-hybridized carbons (Fsp3) is 0.500. The molecule has 0 aromatic carbocycles. The zero-order chi connectivity index (χ0) is 27.2. The molecule has 0 N–H and O–H groups in total. The molecule has 0 saturated carbocycles. The normalized spacial score (nSPS) is 13.8. The third-order valence-corrected chi connectivity index (χ3v) is 11.1. The first-order chi connectivity index (χ1) is 16.4. The van der Waals surface area contributed by atoms with Gasteiger partial charge in [-0.05, 0) is 48.5 Å². The van der Waals surface area contributed by atoms with E-state index in [1.807, 2.05) is 0 Å². The van der Waals surface area contributed by atoms with Crippen molar-refractivity contribution in [2.45, 2.75) is 75.6 Å². The monoisotopic (exact) mass is 595 g/mol. The van der Waals surface area contributed by atoms with E-state index in [1.165, 1.54) is 11.1 Å². The van der Waals surface area contributed by atoms with E-state index in [2.05, 4.69) is 15.1 Å². The van der Waals surface area contributed by atoms with Crippen LogP contribution < -0.4 is 0 Å². The van der Waals surface area contributed by atoms with Crippen molar-refractivity contribution in [2.24, 2.45) is 0 Å². The molecule has 3 aromatic heterocycles. The lowest BCUT2D eigenvalue weighted by Gasteiger charge is -2.24. The van der Waals surface area contributed by atoms with E-state index in [1.54, 1.807) is 48.5 Å². The highest BCUT2D eigenvalue weighted by molar-refractivity contribution is 8.15. The number of halogens is 1. The Morgan fingerprint density at radius 2 is 1.50 bits per heavy atom. The lowest BCUT2D eigenvalue weighted by atomic mass is 10.2. The summed E-state index contributed by atoms with van der Waals surface area (Å²) in [5.41, 5.74) is 1.62. The molecule has 1 aliphatic heterocycles. The number of ether oxygens (including phenoxy) is 1. The fourth-order valence-electron chi connectivity index (χ4n) is 3.28. The minimum absolute atomic E-state index is 0.150. The van der Waals surface area contributed by atoms with Gasteiger partial charge in [0.25, 0.3) is 19.1 Å². The molecule has 1 amide bonds. The average molecular weight is 596 g/mol. The molecule has 0 radical (unpaired) electrons. The molecule has 16 heteroatoms. The number of thiazole rings is 2. The Bertz CT molecular complexity index is 1490. The third-order valence-electron chi connectivity index (χ3n) is 4.63. The lowest BCUT2D eigenvalue weighted by Crippen LogP contribution is -2.33. The molecule has 36 heavy (non-hydrogen) atoms. The van der Waals surface area contributed by atoms with Crippen molar-refractivity contribution in [3.8, 4) is 0 Å². The van der Waals surface area contributed by atoms with Gasteiger partial charge in [-0.25, -0.2) is 23.2 Å². The summed E-state index contributed by atoms with van der Waals surface area (Å²) in [6.45, 7) is 12.7. The Balaban J connectivity index is 0.000000275. The van der Waals surface area contributed by atoms with Crippen molar-refractivity contribution < 1.29 is 26.4 Å². The number of aromatic nitrogens is 4. The number of amides is 1. The van der Waals surface area contributed by atoms with Crippen LogP contribution in [0.1, 0.15) is 53.4 Å². The highest BCUT2D eigenvalue weighted by Crippen LogP contribution is 2.29. The molecule has 0 aliphatic carbocycles. The first-order valence-corrected chi connectivity index (χ1v) is 15.9. The van der Waals surface area contributed by atoms with Gasteiger partial charge in [0.1, 0.15) is 5.60 Å². The summed E-state index contributed by atoms with van der Waals surface area (Å²) in [5.74, 6) is 0. The number of rotatable bonds is 3. The van der Waals surface area contributed by atoms with Gasteiger partial charge in [0.15, 0.2) is 8.42 Å². The van der Waals surface area contributed by atoms with Crippen LogP contribution >= 0.6 is 33.4 Å². The largest absolute Gasteiger partial charge is 0.444 e. The molecule has 1 aliphatic rings. The molecular weight excluding hydrogens is 570 g/mol. The number of hydrogen-bond donors (Lipinski definition) is 0. The van der Waals surface area contributed by atoms with Gasteiger partial charge in [-0.15, -0.1) is 22.7 Å². The smallest absolute Gasteiger partial charge is 0.410 e. The van der Waals surface area contributed by atoms with Crippen molar-refractivity contribution in [3.05, 3.63) is 38.9 Å². The Hall–Kier alpha value is -2.07. The minimum Gasteiger partial charge on any atom is -0.444 e. The van der Waals surface area contributed by atoms with Gasteiger partial charge < -0.3 is 4.74 Å². The van der Waals surface area contributed by atoms with Crippen molar-refractivity contribution in [1.82, 2.24) is 24.1 Å². The molecule has 0 saturated heterocycles. The van der Waals surface area contributed by atoms with E-state index in [0.29, 0.717) is 32.7 Å². The van der Waals surface area contributed by atoms with Crippen LogP contribution in [0.3, 0.4) is 0 Å². The first-order valence-electron chi connectivity index (χ1n) is 10.5. The Labute approximate surface area is 222 Å². The first kappa shape index (κ1) is 28.5. The van der Waals surface area contributed by atoms with E-state index >= 15 is 0 Å². The summed E-state index contributed by atoms with van der Waals surface area (Å²) in [7, 11) is -2.23. The van der Waals surface area contributed by atoms with Gasteiger partial charge in [-0.1, -0.05) is 0 Å². The molecule has 0 unspecified atom stereocenters. The second-order valence-corrected chi connectivity index (χ2v) is 16.1. The Kier molecular flexibility index (Phi) is 7.92. The van der Waals surface area contributed by atoms with Crippen molar-refractivity contribution in [1.29, 1.82) is 0 Å². The zero-order valence-electron chi connectivity index (χ0n) is 20.7. The van der Waals surface area contributed by atoms with E-state index in [4.69, 9.17) is 15.4 Å². The number of carbonyl (C=O) groups excluding carboxylic acids is 1. The van der Waals surface area contributed by atoms with E-state index in [9.17, 15) is 21.6 Å². The van der Waals surface area contributed by atoms with Crippen LogP contribution in [0.25, 0.3) is 0 Å². The fourth-order valence-corrected chi connectivity index (χ4v) is 8.42. The van der Waals surface area contributed by atoms with E-state index in [-0.39, 0.29) is 21.5 Å². The van der Waals surface area contributed by atoms with E-state index < -0.39 is 30.8 Å².